The van der Waals surface area contributed by atoms with Crippen LogP contribution in [0, 0.1) is 17.0 Å². The molecule has 3 rings (SSSR count). The SMILES string of the molecule is Cc1ccc(OCC(=O)OCC(=O)N2CCN(c3ccc([N+](=O)[O-])cc3)CC2)cc1. The molecule has 1 amide bonds. The quantitative estimate of drug-likeness (QED) is 0.389. The molecule has 0 radical (unpaired) electrons. The Morgan fingerprint density at radius 3 is 2.20 bits per heavy atom. The van der Waals surface area contributed by atoms with Crippen LogP contribution >= 0.6 is 0 Å². The number of piperazine rings is 1. The van der Waals surface area contributed by atoms with Crippen LogP contribution in [0.2, 0.25) is 0 Å². The number of hydrogen-bond acceptors (Lipinski definition) is 7. The number of nitro benzene ring substituents is 1. The summed E-state index contributed by atoms with van der Waals surface area (Å²) in [4.78, 5) is 38.1. The summed E-state index contributed by atoms with van der Waals surface area (Å²) in [5.41, 5.74) is 2.00. The molecule has 30 heavy (non-hydrogen) atoms. The normalized spacial score (nSPS) is 13.6. The molecule has 1 fully saturated rings. The van der Waals surface area contributed by atoms with Gasteiger partial charge in [-0.25, -0.2) is 4.79 Å². The first-order valence-electron chi connectivity index (χ1n) is 9.54. The predicted octanol–water partition coefficient (Wildman–Crippen LogP) is 2.17. The fourth-order valence-electron chi connectivity index (χ4n) is 3.05. The molecule has 0 aliphatic carbocycles. The number of hydrogen-bond donors (Lipinski definition) is 0. The number of nitrogens with zero attached hydrogens (tertiary/aromatic N) is 3. The predicted molar refractivity (Wildman–Crippen MR) is 110 cm³/mol. The first-order valence-corrected chi connectivity index (χ1v) is 9.54. The van der Waals surface area contributed by atoms with Crippen LogP contribution < -0.4 is 9.64 Å². The summed E-state index contributed by atoms with van der Waals surface area (Å²) < 4.78 is 10.4. The van der Waals surface area contributed by atoms with E-state index >= 15 is 0 Å². The van der Waals surface area contributed by atoms with Crippen molar-refractivity contribution in [2.45, 2.75) is 6.92 Å². The van der Waals surface area contributed by atoms with Crippen molar-refractivity contribution in [3.05, 3.63) is 64.2 Å². The number of anilines is 1. The first kappa shape index (κ1) is 21.1. The smallest absolute Gasteiger partial charge is 0.344 e. The zero-order chi connectivity index (χ0) is 21.5. The highest BCUT2D eigenvalue weighted by molar-refractivity contribution is 5.81. The van der Waals surface area contributed by atoms with E-state index in [4.69, 9.17) is 9.47 Å². The monoisotopic (exact) mass is 413 g/mol. The van der Waals surface area contributed by atoms with E-state index < -0.39 is 10.9 Å². The van der Waals surface area contributed by atoms with Gasteiger partial charge in [0.2, 0.25) is 0 Å². The average molecular weight is 413 g/mol. The number of amides is 1. The number of benzene rings is 2. The Balaban J connectivity index is 1.39. The maximum Gasteiger partial charge on any atom is 0.344 e. The molecule has 0 saturated carbocycles. The standard InChI is InChI=1S/C21H23N3O6/c1-16-2-8-19(9-3-16)29-15-21(26)30-14-20(25)23-12-10-22(11-13-23)17-4-6-18(7-5-17)24(27)28/h2-9H,10-15H2,1H3. The summed E-state index contributed by atoms with van der Waals surface area (Å²) in [6, 6.07) is 13.6. The van der Waals surface area contributed by atoms with Crippen molar-refractivity contribution in [3.8, 4) is 5.75 Å². The third-order valence-corrected chi connectivity index (χ3v) is 4.79. The van der Waals surface area contributed by atoms with Crippen molar-refractivity contribution < 1.29 is 24.0 Å². The molecule has 0 atom stereocenters. The molecule has 2 aromatic carbocycles. The molecule has 0 bridgehead atoms. The Kier molecular flexibility index (Phi) is 6.84. The summed E-state index contributed by atoms with van der Waals surface area (Å²) in [6.45, 7) is 3.51. The second-order valence-electron chi connectivity index (χ2n) is 6.90. The number of aryl methyl sites for hydroxylation is 1. The van der Waals surface area contributed by atoms with Crippen LogP contribution in [0.4, 0.5) is 11.4 Å². The van der Waals surface area contributed by atoms with Gasteiger partial charge in [0.1, 0.15) is 5.75 Å². The number of non-ortho nitro benzene ring substituents is 1. The number of carbonyl (C=O) groups is 2. The lowest BCUT2D eigenvalue weighted by molar-refractivity contribution is -0.384. The van der Waals surface area contributed by atoms with E-state index in [1.165, 1.54) is 12.1 Å². The van der Waals surface area contributed by atoms with Crippen LogP contribution in [0.25, 0.3) is 0 Å². The third kappa shape index (κ3) is 5.69. The minimum Gasteiger partial charge on any atom is -0.482 e. The van der Waals surface area contributed by atoms with Crippen LogP contribution in [0.1, 0.15) is 5.56 Å². The molecular formula is C21H23N3O6. The van der Waals surface area contributed by atoms with Crippen LogP contribution in [0.3, 0.4) is 0 Å². The van der Waals surface area contributed by atoms with Crippen molar-refractivity contribution >= 4 is 23.3 Å². The zero-order valence-corrected chi connectivity index (χ0v) is 16.7. The lowest BCUT2D eigenvalue weighted by Crippen LogP contribution is -2.50. The largest absolute Gasteiger partial charge is 0.482 e. The minimum absolute atomic E-state index is 0.0423. The molecule has 9 heteroatoms. The van der Waals surface area contributed by atoms with E-state index in [0.29, 0.717) is 31.9 Å². The second kappa shape index (κ2) is 9.73. The van der Waals surface area contributed by atoms with Gasteiger partial charge in [-0.3, -0.25) is 14.9 Å². The molecule has 158 valence electrons. The molecule has 2 aromatic rings. The minimum atomic E-state index is -0.603. The Morgan fingerprint density at radius 2 is 1.60 bits per heavy atom. The van der Waals surface area contributed by atoms with Crippen molar-refractivity contribution in [2.24, 2.45) is 0 Å². The molecule has 0 N–H and O–H groups in total. The number of ether oxygens (including phenoxy) is 2. The lowest BCUT2D eigenvalue weighted by atomic mass is 10.2. The molecule has 1 aliphatic heterocycles. The van der Waals surface area contributed by atoms with Crippen molar-refractivity contribution in [3.63, 3.8) is 0 Å². The van der Waals surface area contributed by atoms with Gasteiger partial charge in [0.25, 0.3) is 11.6 Å². The van der Waals surface area contributed by atoms with Gasteiger partial charge in [-0.15, -0.1) is 0 Å². The highest BCUT2D eigenvalue weighted by atomic mass is 16.6. The van der Waals surface area contributed by atoms with E-state index in [1.807, 2.05) is 19.1 Å². The van der Waals surface area contributed by atoms with E-state index in [2.05, 4.69) is 4.90 Å². The Morgan fingerprint density at radius 1 is 0.967 bits per heavy atom. The van der Waals surface area contributed by atoms with Gasteiger partial charge in [-0.1, -0.05) is 17.7 Å². The van der Waals surface area contributed by atoms with E-state index in [-0.39, 0.29) is 24.8 Å². The summed E-state index contributed by atoms with van der Waals surface area (Å²) in [7, 11) is 0. The molecule has 0 unspecified atom stereocenters. The van der Waals surface area contributed by atoms with Crippen LogP contribution in [0.5, 0.6) is 5.75 Å². The molecule has 1 aliphatic rings. The summed E-state index contributed by atoms with van der Waals surface area (Å²) in [5.74, 6) is -0.304. The summed E-state index contributed by atoms with van der Waals surface area (Å²) >= 11 is 0. The maximum atomic E-state index is 12.3. The van der Waals surface area contributed by atoms with Gasteiger partial charge >= 0.3 is 5.97 Å². The molecule has 9 nitrogen and oxygen atoms in total. The number of carbonyl (C=O) groups excluding carboxylic acids is 2. The third-order valence-electron chi connectivity index (χ3n) is 4.79. The Hall–Kier alpha value is -3.62. The van der Waals surface area contributed by atoms with Crippen LogP contribution in [0.15, 0.2) is 48.5 Å². The fraction of sp³-hybridized carbons (Fsp3) is 0.333. The number of rotatable bonds is 7. The van der Waals surface area contributed by atoms with Gasteiger partial charge in [0.05, 0.1) is 4.92 Å². The molecule has 0 spiro atoms. The van der Waals surface area contributed by atoms with Crippen LogP contribution in [-0.4, -0.2) is 61.1 Å². The first-order chi connectivity index (χ1) is 14.4. The highest BCUT2D eigenvalue weighted by Gasteiger charge is 2.22. The second-order valence-corrected chi connectivity index (χ2v) is 6.90. The average Bonchev–Trinajstić information content (AvgIpc) is 2.77. The zero-order valence-electron chi connectivity index (χ0n) is 16.7. The van der Waals surface area contributed by atoms with Gasteiger partial charge in [-0.05, 0) is 31.2 Å². The van der Waals surface area contributed by atoms with E-state index in [0.717, 1.165) is 11.3 Å². The Labute approximate surface area is 173 Å². The van der Waals surface area contributed by atoms with Crippen molar-refractivity contribution in [1.29, 1.82) is 0 Å². The van der Waals surface area contributed by atoms with Gasteiger partial charge in [0.15, 0.2) is 13.2 Å². The van der Waals surface area contributed by atoms with Gasteiger partial charge in [-0.2, -0.15) is 0 Å². The van der Waals surface area contributed by atoms with Gasteiger partial charge in [0, 0.05) is 44.0 Å². The maximum absolute atomic E-state index is 12.3. The molecule has 0 aromatic heterocycles. The van der Waals surface area contributed by atoms with E-state index in [9.17, 15) is 19.7 Å². The highest BCUT2D eigenvalue weighted by Crippen LogP contribution is 2.20. The number of esters is 1. The topological polar surface area (TPSA) is 102 Å². The fourth-order valence-corrected chi connectivity index (χ4v) is 3.05. The van der Waals surface area contributed by atoms with Crippen LogP contribution in [-0.2, 0) is 14.3 Å². The van der Waals surface area contributed by atoms with Gasteiger partial charge < -0.3 is 19.3 Å². The lowest BCUT2D eigenvalue weighted by Gasteiger charge is -2.36. The van der Waals surface area contributed by atoms with Crippen molar-refractivity contribution in [2.75, 3.05) is 44.3 Å². The summed E-state index contributed by atoms with van der Waals surface area (Å²) in [6.07, 6.45) is 0. The number of nitro groups is 1. The molecule has 1 heterocycles. The Bertz CT molecular complexity index is 890. The summed E-state index contributed by atoms with van der Waals surface area (Å²) in [5, 5.41) is 10.7. The molecule has 1 saturated heterocycles. The molecular weight excluding hydrogens is 390 g/mol. The van der Waals surface area contributed by atoms with Crippen molar-refractivity contribution in [1.82, 2.24) is 4.90 Å². The van der Waals surface area contributed by atoms with E-state index in [1.54, 1.807) is 29.2 Å².